The van der Waals surface area contributed by atoms with Crippen LogP contribution in [-0.2, 0) is 14.4 Å². The Morgan fingerprint density at radius 3 is 2.54 bits per heavy atom. The molecule has 0 radical (unpaired) electrons. The topological polar surface area (TPSA) is 46.6 Å². The number of hydrogen-bond acceptors (Lipinski definition) is 4. The van der Waals surface area contributed by atoms with Gasteiger partial charge in [-0.05, 0) is 6.26 Å². The Kier molecular flexibility index (Phi) is 6.40. The Bertz CT molecular complexity index is 184. The molecule has 0 heterocycles. The van der Waals surface area contributed by atoms with E-state index in [0.29, 0.717) is 6.42 Å². The Labute approximate surface area is 82.6 Å². The lowest BCUT2D eigenvalue weighted by molar-refractivity contribution is -0.192. The Hall–Kier alpha value is -0.710. The Balaban J connectivity index is 3.75. The van der Waals surface area contributed by atoms with E-state index >= 15 is 0 Å². The van der Waals surface area contributed by atoms with Gasteiger partial charge in [-0.2, -0.15) is 16.8 Å². The molecule has 0 aromatic rings. The van der Waals surface area contributed by atoms with Gasteiger partial charge in [0.1, 0.15) is 0 Å². The maximum Gasteiger partial charge on any atom is 0.332 e. The Morgan fingerprint density at radius 1 is 1.46 bits per heavy atom. The number of amides is 1. The van der Waals surface area contributed by atoms with E-state index in [9.17, 15) is 9.59 Å². The summed E-state index contributed by atoms with van der Waals surface area (Å²) < 4.78 is 0. The molecule has 0 unspecified atom stereocenters. The predicted molar refractivity (Wildman–Crippen MR) is 52.2 cm³/mol. The van der Waals surface area contributed by atoms with Gasteiger partial charge in [-0.1, -0.05) is 6.92 Å². The highest BCUT2D eigenvalue weighted by molar-refractivity contribution is 7.98. The summed E-state index contributed by atoms with van der Waals surface area (Å²) in [7, 11) is 1.45. The molecule has 0 atom stereocenters. The van der Waals surface area contributed by atoms with Crippen molar-refractivity contribution in [2.75, 3.05) is 19.1 Å². The first-order valence-electron chi connectivity index (χ1n) is 4.08. The van der Waals surface area contributed by atoms with Gasteiger partial charge < -0.3 is 4.84 Å². The van der Waals surface area contributed by atoms with E-state index in [1.165, 1.54) is 7.05 Å². The lowest BCUT2D eigenvalue weighted by Crippen LogP contribution is -2.29. The van der Waals surface area contributed by atoms with Gasteiger partial charge in [0.05, 0.1) is 0 Å². The van der Waals surface area contributed by atoms with Gasteiger partial charge >= 0.3 is 5.97 Å². The minimum Gasteiger partial charge on any atom is -0.338 e. The van der Waals surface area contributed by atoms with Gasteiger partial charge in [0.15, 0.2) is 0 Å². The van der Waals surface area contributed by atoms with E-state index < -0.39 is 0 Å². The molecular formula is C8H15NO3S. The molecule has 0 saturated heterocycles. The van der Waals surface area contributed by atoms with Crippen LogP contribution in [0.4, 0.5) is 0 Å². The standard InChI is InChI=1S/C8H15NO3S/c1-4-8(11)12-9(2)7(10)5-6-13-3/h4-6H2,1-3H3. The summed E-state index contributed by atoms with van der Waals surface area (Å²) in [6.45, 7) is 1.68. The van der Waals surface area contributed by atoms with Crippen molar-refractivity contribution in [3.8, 4) is 0 Å². The highest BCUT2D eigenvalue weighted by Gasteiger charge is 2.11. The van der Waals surface area contributed by atoms with Gasteiger partial charge in [0, 0.05) is 25.6 Å². The van der Waals surface area contributed by atoms with E-state index in [4.69, 9.17) is 4.84 Å². The number of hydrogen-bond donors (Lipinski definition) is 0. The number of nitrogens with zero attached hydrogens (tertiary/aromatic N) is 1. The van der Waals surface area contributed by atoms with Crippen molar-refractivity contribution in [1.29, 1.82) is 0 Å². The molecule has 0 aromatic carbocycles. The van der Waals surface area contributed by atoms with Crippen molar-refractivity contribution in [1.82, 2.24) is 5.06 Å². The third-order valence-corrected chi connectivity index (χ3v) is 2.01. The SMILES string of the molecule is CCC(=O)ON(C)C(=O)CCSC. The van der Waals surface area contributed by atoms with E-state index in [1.807, 2.05) is 6.26 Å². The zero-order valence-electron chi connectivity index (χ0n) is 8.20. The summed E-state index contributed by atoms with van der Waals surface area (Å²) in [5, 5.41) is 1.00. The van der Waals surface area contributed by atoms with E-state index in [0.717, 1.165) is 10.8 Å². The van der Waals surface area contributed by atoms with Crippen LogP contribution in [0.5, 0.6) is 0 Å². The van der Waals surface area contributed by atoms with Crippen molar-refractivity contribution < 1.29 is 14.4 Å². The smallest absolute Gasteiger partial charge is 0.332 e. The average Bonchev–Trinajstić information content (AvgIpc) is 2.13. The van der Waals surface area contributed by atoms with Crippen LogP contribution in [0.2, 0.25) is 0 Å². The second-order valence-corrected chi connectivity index (χ2v) is 3.44. The number of carbonyl (C=O) groups excluding carboxylic acids is 2. The Morgan fingerprint density at radius 2 is 2.08 bits per heavy atom. The third-order valence-electron chi connectivity index (χ3n) is 1.40. The fraction of sp³-hybridized carbons (Fsp3) is 0.750. The molecule has 0 aliphatic heterocycles. The van der Waals surface area contributed by atoms with Crippen LogP contribution in [0.15, 0.2) is 0 Å². The lowest BCUT2D eigenvalue weighted by Gasteiger charge is -2.15. The monoisotopic (exact) mass is 205 g/mol. The second-order valence-electron chi connectivity index (χ2n) is 2.45. The van der Waals surface area contributed by atoms with Crippen LogP contribution in [-0.4, -0.2) is 36.0 Å². The zero-order chi connectivity index (χ0) is 10.3. The number of thioether (sulfide) groups is 1. The van der Waals surface area contributed by atoms with E-state index in [-0.39, 0.29) is 18.3 Å². The number of rotatable bonds is 4. The van der Waals surface area contributed by atoms with E-state index in [2.05, 4.69) is 0 Å². The van der Waals surface area contributed by atoms with Crippen LogP contribution in [0.3, 0.4) is 0 Å². The van der Waals surface area contributed by atoms with Crippen LogP contribution >= 0.6 is 11.8 Å². The molecule has 0 spiro atoms. The molecule has 76 valence electrons. The maximum atomic E-state index is 11.2. The number of hydroxylamine groups is 2. The largest absolute Gasteiger partial charge is 0.338 e. The molecule has 0 rings (SSSR count). The van der Waals surface area contributed by atoms with Crippen molar-refractivity contribution in [2.24, 2.45) is 0 Å². The molecule has 5 heteroatoms. The minimum absolute atomic E-state index is 0.170. The predicted octanol–water partition coefficient (Wildman–Crippen LogP) is 1.07. The fourth-order valence-corrected chi connectivity index (χ4v) is 0.994. The second kappa shape index (κ2) is 6.77. The number of carbonyl (C=O) groups is 2. The third kappa shape index (κ3) is 5.52. The quantitative estimate of drug-likeness (QED) is 0.644. The summed E-state index contributed by atoms with van der Waals surface area (Å²) in [5.41, 5.74) is 0. The van der Waals surface area contributed by atoms with Gasteiger partial charge in [0.25, 0.3) is 5.91 Å². The molecule has 0 bridgehead atoms. The summed E-state index contributed by atoms with van der Waals surface area (Å²) >= 11 is 1.58. The molecular weight excluding hydrogens is 190 g/mol. The van der Waals surface area contributed by atoms with Gasteiger partial charge in [-0.3, -0.25) is 4.79 Å². The van der Waals surface area contributed by atoms with Gasteiger partial charge in [-0.25, -0.2) is 4.79 Å². The van der Waals surface area contributed by atoms with Crippen LogP contribution in [0.1, 0.15) is 19.8 Å². The zero-order valence-corrected chi connectivity index (χ0v) is 9.02. The van der Waals surface area contributed by atoms with Gasteiger partial charge in [-0.15, -0.1) is 0 Å². The fourth-order valence-electron chi connectivity index (χ4n) is 0.615. The summed E-state index contributed by atoms with van der Waals surface area (Å²) in [6.07, 6.45) is 2.60. The first kappa shape index (κ1) is 12.3. The van der Waals surface area contributed by atoms with Crippen LogP contribution < -0.4 is 0 Å². The molecule has 0 aliphatic rings. The minimum atomic E-state index is -0.389. The van der Waals surface area contributed by atoms with Crippen molar-refractivity contribution in [2.45, 2.75) is 19.8 Å². The molecule has 1 amide bonds. The first-order valence-corrected chi connectivity index (χ1v) is 5.47. The summed E-state index contributed by atoms with van der Waals surface area (Å²) in [5.74, 6) is 0.184. The normalized spacial score (nSPS) is 9.46. The lowest BCUT2D eigenvalue weighted by atomic mass is 10.4. The average molecular weight is 205 g/mol. The van der Waals surface area contributed by atoms with Crippen molar-refractivity contribution in [3.63, 3.8) is 0 Å². The van der Waals surface area contributed by atoms with Crippen LogP contribution in [0, 0.1) is 0 Å². The summed E-state index contributed by atoms with van der Waals surface area (Å²) in [6, 6.07) is 0. The molecule has 0 aromatic heterocycles. The van der Waals surface area contributed by atoms with Crippen molar-refractivity contribution >= 4 is 23.6 Å². The highest BCUT2D eigenvalue weighted by Crippen LogP contribution is 2.00. The maximum absolute atomic E-state index is 11.2. The molecule has 0 aliphatic carbocycles. The first-order chi connectivity index (χ1) is 6.11. The summed E-state index contributed by atoms with van der Waals surface area (Å²) in [4.78, 5) is 26.7. The molecule has 0 fully saturated rings. The molecule has 13 heavy (non-hydrogen) atoms. The highest BCUT2D eigenvalue weighted by atomic mass is 32.2. The van der Waals surface area contributed by atoms with Gasteiger partial charge in [0.2, 0.25) is 0 Å². The molecule has 0 saturated carbocycles. The molecule has 0 N–H and O–H groups in total. The molecule has 4 nitrogen and oxygen atoms in total. The van der Waals surface area contributed by atoms with Crippen molar-refractivity contribution in [3.05, 3.63) is 0 Å². The van der Waals surface area contributed by atoms with Crippen LogP contribution in [0.25, 0.3) is 0 Å². The van der Waals surface area contributed by atoms with E-state index in [1.54, 1.807) is 18.7 Å².